The number of hydrogen-bond donors (Lipinski definition) is 0. The number of hydrogen-bond acceptors (Lipinski definition) is 0. The van der Waals surface area contributed by atoms with Crippen molar-refractivity contribution in [1.82, 2.24) is 0 Å². The third kappa shape index (κ3) is 8.82. The second-order valence-electron chi connectivity index (χ2n) is 0. The first-order valence-electron chi connectivity index (χ1n) is 0.218. The van der Waals surface area contributed by atoms with Gasteiger partial charge in [-0.15, -0.1) is 0 Å². The second-order valence-corrected chi connectivity index (χ2v) is 0. The Balaban J connectivity index is -0.000000000500. The molecular formula is H3AlFLiSr. The van der Waals surface area contributed by atoms with Crippen LogP contribution in [-0.2, 0) is 0 Å². The maximum absolute atomic E-state index is 9.42. The summed E-state index contributed by atoms with van der Waals surface area (Å²) in [4.78, 5) is 0. The molecule has 4 heavy (non-hydrogen) atoms. The van der Waals surface area contributed by atoms with Crippen LogP contribution in [0.4, 0.5) is 3.52 Å². The molecule has 2 radical (unpaired) electrons. The van der Waals surface area contributed by atoms with Gasteiger partial charge in [0.05, 0.1) is 0 Å². The van der Waals surface area contributed by atoms with Crippen molar-refractivity contribution in [3.05, 3.63) is 0 Å². The Labute approximate surface area is 87.3 Å². The van der Waals surface area contributed by atoms with Crippen molar-refractivity contribution in [3.8, 4) is 0 Å². The van der Waals surface area contributed by atoms with Gasteiger partial charge in [-0.2, -0.15) is 0 Å². The maximum atomic E-state index is 9.42. The first-order chi connectivity index (χ1) is 1.00. The third-order valence-corrected chi connectivity index (χ3v) is 0. The Kier molecular flexibility index (Phi) is 70.9. The maximum Gasteiger partial charge on any atom is 2.00 e. The van der Waals surface area contributed by atoms with Crippen molar-refractivity contribution in [2.45, 2.75) is 0 Å². The molecule has 0 saturated heterocycles. The van der Waals surface area contributed by atoms with Crippen LogP contribution in [0.2, 0.25) is 0 Å². The minimum Gasteiger partial charge on any atom is -1.00 e. The number of halogens is 1. The van der Waals surface area contributed by atoms with Crippen molar-refractivity contribution in [1.29, 1.82) is 0 Å². The fraction of sp³-hybridized carbons (Fsp3) is 0. The molecule has 0 aromatic heterocycles. The van der Waals surface area contributed by atoms with Crippen LogP contribution < -0.4 is 18.9 Å². The molecule has 0 aromatic rings. The summed E-state index contributed by atoms with van der Waals surface area (Å²) in [6, 6.07) is 0. The van der Waals surface area contributed by atoms with E-state index >= 15 is 0 Å². The SMILES string of the molecule is [F][Al].[H-].[H-].[H-].[Li+].[Sr+2]. The Morgan fingerprint density at radius 2 is 1.50 bits per heavy atom. The molecule has 0 amide bonds. The van der Waals surface area contributed by atoms with Crippen LogP contribution in [0.3, 0.4) is 0 Å². The van der Waals surface area contributed by atoms with E-state index in [0.717, 1.165) is 16.7 Å². The van der Waals surface area contributed by atoms with E-state index in [1.807, 2.05) is 0 Å². The molecule has 0 aliphatic heterocycles. The smallest absolute Gasteiger partial charge is 1.00 e. The van der Waals surface area contributed by atoms with Crippen LogP contribution >= 0.6 is 0 Å². The minimum absolute atomic E-state index is 0. The Hall–Kier alpha value is 2.54. The predicted molar refractivity (Wildman–Crippen MR) is 16.0 cm³/mol. The zero-order chi connectivity index (χ0) is 2.00. The van der Waals surface area contributed by atoms with Crippen LogP contribution in [0.15, 0.2) is 0 Å². The minimum atomic E-state index is 0. The van der Waals surface area contributed by atoms with E-state index in [4.69, 9.17) is 0 Å². The van der Waals surface area contributed by atoms with Gasteiger partial charge in [0.2, 0.25) is 0 Å². The molecule has 0 rings (SSSR count). The third-order valence-electron chi connectivity index (χ3n) is 0. The Morgan fingerprint density at radius 3 is 1.50 bits per heavy atom. The van der Waals surface area contributed by atoms with Crippen molar-refractivity contribution < 1.29 is 26.7 Å². The zero-order valence-corrected chi connectivity index (χ0v) is 7.29. The molecule has 0 aromatic carbocycles. The quantitative estimate of drug-likeness (QED) is 0.317. The molecule has 0 saturated carbocycles. The summed E-state index contributed by atoms with van der Waals surface area (Å²) in [7, 11) is 0. The molecular weight excluding hydrogens is 141 g/mol. The summed E-state index contributed by atoms with van der Waals surface area (Å²) < 4.78 is 9.42. The largest absolute Gasteiger partial charge is 2.00 e. The first-order valence-corrected chi connectivity index (χ1v) is 0.655. The van der Waals surface area contributed by atoms with Crippen molar-refractivity contribution in [2.75, 3.05) is 0 Å². The van der Waals surface area contributed by atoms with Crippen LogP contribution in [0.25, 0.3) is 0 Å². The van der Waals surface area contributed by atoms with Gasteiger partial charge in [0.1, 0.15) is 0 Å². The van der Waals surface area contributed by atoms with E-state index < -0.39 is 0 Å². The molecule has 0 heterocycles. The van der Waals surface area contributed by atoms with Crippen LogP contribution in [0.5, 0.6) is 0 Å². The Bertz CT molecular complexity index is 14.9. The normalized spacial score (nSPS) is 1.25. The van der Waals surface area contributed by atoms with Gasteiger partial charge in [-0.25, -0.2) is 0 Å². The van der Waals surface area contributed by atoms with E-state index in [0.29, 0.717) is 0 Å². The fourth-order valence-corrected chi connectivity index (χ4v) is 0. The number of rotatable bonds is 0. The van der Waals surface area contributed by atoms with Gasteiger partial charge >= 0.3 is 81.1 Å². The van der Waals surface area contributed by atoms with Gasteiger partial charge in [-0.1, -0.05) is 0 Å². The van der Waals surface area contributed by atoms with Crippen LogP contribution in [-0.4, -0.2) is 62.2 Å². The average molecular weight is 144 g/mol. The van der Waals surface area contributed by atoms with Crippen molar-refractivity contribution in [2.24, 2.45) is 0 Å². The van der Waals surface area contributed by atoms with Gasteiger partial charge in [-0.05, 0) is 0 Å². The van der Waals surface area contributed by atoms with E-state index in [1.165, 1.54) is 0 Å². The second kappa shape index (κ2) is 17.7. The molecule has 0 fully saturated rings. The summed E-state index contributed by atoms with van der Waals surface area (Å²) in [5, 5.41) is 0. The topological polar surface area (TPSA) is 0 Å². The van der Waals surface area contributed by atoms with Gasteiger partial charge in [0.25, 0.3) is 0 Å². The summed E-state index contributed by atoms with van der Waals surface area (Å²) in [6.07, 6.45) is 0. The molecule has 4 heteroatoms. The molecule has 0 N–H and O–H groups in total. The van der Waals surface area contributed by atoms with E-state index in [1.54, 1.807) is 0 Å². The van der Waals surface area contributed by atoms with Gasteiger partial charge < -0.3 is 7.80 Å². The zero-order valence-electron chi connectivity index (χ0n) is 5.66. The first kappa shape index (κ1) is 16.0. The fourth-order valence-electron chi connectivity index (χ4n) is 0. The van der Waals surface area contributed by atoms with Crippen molar-refractivity contribution >= 4 is 62.2 Å². The molecule has 0 nitrogen and oxygen atoms in total. The monoisotopic (exact) mass is 144 g/mol. The summed E-state index contributed by atoms with van der Waals surface area (Å²) in [5.74, 6) is 0. The van der Waals surface area contributed by atoms with Crippen LogP contribution in [0.1, 0.15) is 4.28 Å². The Morgan fingerprint density at radius 1 is 1.50 bits per heavy atom. The molecule has 16 valence electrons. The molecule has 0 unspecified atom stereocenters. The summed E-state index contributed by atoms with van der Waals surface area (Å²) in [5.41, 5.74) is 0. The van der Waals surface area contributed by atoms with E-state index in [9.17, 15) is 3.52 Å². The van der Waals surface area contributed by atoms with E-state index in [-0.39, 0.29) is 68.6 Å². The van der Waals surface area contributed by atoms with Gasteiger partial charge in [0.15, 0.2) is 0 Å². The van der Waals surface area contributed by atoms with Crippen molar-refractivity contribution in [3.63, 3.8) is 0 Å². The van der Waals surface area contributed by atoms with Gasteiger partial charge in [0, 0.05) is 0 Å². The summed E-state index contributed by atoms with van der Waals surface area (Å²) >= 11 is 0.917. The molecule has 0 spiro atoms. The summed E-state index contributed by atoms with van der Waals surface area (Å²) in [6.45, 7) is 0. The predicted octanol–water partition coefficient (Wildman–Crippen LogP) is -3.00. The average Bonchev–Trinajstić information content (AvgIpc) is 1.00. The molecule has 0 aliphatic rings. The molecule has 0 aliphatic carbocycles. The molecule has 0 bridgehead atoms. The standard InChI is InChI=1S/Al.FH.Li.Sr.3H/h;1H;;;;;/q+1;;+1;+2;3*-1/p-1. The van der Waals surface area contributed by atoms with Gasteiger partial charge in [-0.3, -0.25) is 0 Å². The van der Waals surface area contributed by atoms with E-state index in [2.05, 4.69) is 0 Å². The molecule has 0 atom stereocenters. The van der Waals surface area contributed by atoms with Crippen LogP contribution in [0, 0.1) is 0 Å².